The van der Waals surface area contributed by atoms with Gasteiger partial charge in [0, 0.05) is 25.5 Å². The summed E-state index contributed by atoms with van der Waals surface area (Å²) in [6, 6.07) is 0. The maximum absolute atomic E-state index is 12.3. The van der Waals surface area contributed by atoms with Crippen molar-refractivity contribution in [1.29, 1.82) is 0 Å². The van der Waals surface area contributed by atoms with Crippen LogP contribution in [0.4, 0.5) is 4.79 Å². The fraction of sp³-hybridized carbons (Fsp3) is 0.600. The number of carboxylic acid groups (broad SMARTS) is 1. The molecule has 2 amide bonds. The summed E-state index contributed by atoms with van der Waals surface area (Å²) in [5.74, 6) is -1.56. The molecular formula is C30H48N2O7. The van der Waals surface area contributed by atoms with Crippen LogP contribution in [-0.4, -0.2) is 52.7 Å². The molecule has 0 saturated carbocycles. The average molecular weight is 549 g/mol. The standard InChI is InChI=1S/C30H48N2O7/c1-20(14-22(3)15-23(4)17-28(35)36)12-10-8-7-9-11-13-21(2)16-26(33)18-27(34)19-32-29(37)24(5)25(6)39-30(31)38/h7-9,11,17,21-22,24-25,27,34H,1,10,12-16,18-19H2,2-6H3,(H2,31,38)(H,32,37)(H,35,36)/b8-7+,11-9+,23-17+/t21-,22+,24+,25-,27+/m0/s1. The first-order valence-corrected chi connectivity index (χ1v) is 13.5. The van der Waals surface area contributed by atoms with E-state index < -0.39 is 36.1 Å². The van der Waals surface area contributed by atoms with Crippen LogP contribution in [0.2, 0.25) is 0 Å². The van der Waals surface area contributed by atoms with Crippen molar-refractivity contribution in [3.05, 3.63) is 48.1 Å². The second kappa shape index (κ2) is 19.8. The van der Waals surface area contributed by atoms with E-state index in [1.165, 1.54) is 6.08 Å². The molecule has 0 aromatic rings. The summed E-state index contributed by atoms with van der Waals surface area (Å²) < 4.78 is 4.78. The number of carbonyl (C=O) groups is 4. The molecule has 0 aromatic heterocycles. The van der Waals surface area contributed by atoms with Crippen LogP contribution in [0.25, 0.3) is 0 Å². The Hall–Kier alpha value is -3.20. The van der Waals surface area contributed by atoms with Gasteiger partial charge in [-0.15, -0.1) is 0 Å². The normalized spacial score (nSPS) is 15.9. The number of carboxylic acids is 1. The number of aliphatic carboxylic acids is 1. The van der Waals surface area contributed by atoms with E-state index in [1.54, 1.807) is 13.8 Å². The summed E-state index contributed by atoms with van der Waals surface area (Å²) >= 11 is 0. The van der Waals surface area contributed by atoms with Gasteiger partial charge >= 0.3 is 12.1 Å². The highest BCUT2D eigenvalue weighted by Gasteiger charge is 2.23. The van der Waals surface area contributed by atoms with Crippen molar-refractivity contribution in [2.45, 2.75) is 91.8 Å². The summed E-state index contributed by atoms with van der Waals surface area (Å²) in [7, 11) is 0. The molecule has 0 rings (SSSR count). The highest BCUT2D eigenvalue weighted by Crippen LogP contribution is 2.21. The van der Waals surface area contributed by atoms with Gasteiger partial charge in [0.25, 0.3) is 0 Å². The molecule has 9 nitrogen and oxygen atoms in total. The van der Waals surface area contributed by atoms with Gasteiger partial charge in [-0.25, -0.2) is 9.59 Å². The third-order valence-corrected chi connectivity index (χ3v) is 6.23. The maximum atomic E-state index is 12.3. The fourth-order valence-electron chi connectivity index (χ4n) is 4.11. The summed E-state index contributed by atoms with van der Waals surface area (Å²) in [5, 5.41) is 21.5. The Kier molecular flexibility index (Phi) is 18.2. The number of aliphatic hydroxyl groups excluding tert-OH is 1. The number of primary amides is 1. The van der Waals surface area contributed by atoms with Crippen LogP contribution in [0.1, 0.15) is 79.6 Å². The minimum absolute atomic E-state index is 0.0477. The third kappa shape index (κ3) is 19.5. The van der Waals surface area contributed by atoms with Crippen LogP contribution < -0.4 is 11.1 Å². The van der Waals surface area contributed by atoms with Crippen molar-refractivity contribution in [2.24, 2.45) is 23.5 Å². The Morgan fingerprint density at radius 2 is 1.62 bits per heavy atom. The number of ether oxygens (including phenoxy) is 1. The minimum atomic E-state index is -0.991. The lowest BCUT2D eigenvalue weighted by Crippen LogP contribution is -2.41. The molecule has 0 heterocycles. The number of nitrogens with two attached hydrogens (primary N) is 1. The van der Waals surface area contributed by atoms with E-state index in [0.29, 0.717) is 12.3 Å². The molecule has 0 radical (unpaired) electrons. The molecule has 0 aliphatic rings. The van der Waals surface area contributed by atoms with E-state index in [2.05, 4.69) is 24.9 Å². The topological polar surface area (TPSA) is 156 Å². The molecule has 5 atom stereocenters. The molecule has 0 unspecified atom stereocenters. The Balaban J connectivity index is 4.18. The molecule has 0 fully saturated rings. The van der Waals surface area contributed by atoms with Gasteiger partial charge in [0.05, 0.1) is 12.0 Å². The van der Waals surface area contributed by atoms with E-state index in [4.69, 9.17) is 15.6 Å². The van der Waals surface area contributed by atoms with Crippen LogP contribution >= 0.6 is 0 Å². The number of carbonyl (C=O) groups excluding carboxylic acids is 3. The largest absolute Gasteiger partial charge is 0.478 e. The van der Waals surface area contributed by atoms with Gasteiger partial charge in [-0.1, -0.05) is 62.8 Å². The molecule has 39 heavy (non-hydrogen) atoms. The zero-order valence-electron chi connectivity index (χ0n) is 24.2. The molecule has 0 aromatic carbocycles. The minimum Gasteiger partial charge on any atom is -0.478 e. The van der Waals surface area contributed by atoms with Crippen molar-refractivity contribution in [1.82, 2.24) is 5.32 Å². The molecule has 0 aliphatic heterocycles. The second-order valence-electron chi connectivity index (χ2n) is 10.6. The van der Waals surface area contributed by atoms with Crippen LogP contribution in [0.15, 0.2) is 48.1 Å². The summed E-state index contributed by atoms with van der Waals surface area (Å²) in [5.41, 5.74) is 6.96. The predicted molar refractivity (Wildman–Crippen MR) is 153 cm³/mol. The highest BCUT2D eigenvalue weighted by molar-refractivity contribution is 5.81. The van der Waals surface area contributed by atoms with E-state index in [-0.39, 0.29) is 24.7 Å². The van der Waals surface area contributed by atoms with Gasteiger partial charge in [-0.05, 0) is 57.8 Å². The Morgan fingerprint density at radius 1 is 0.974 bits per heavy atom. The van der Waals surface area contributed by atoms with E-state index in [1.807, 2.05) is 32.1 Å². The number of hydrogen-bond acceptors (Lipinski definition) is 6. The smallest absolute Gasteiger partial charge is 0.404 e. The van der Waals surface area contributed by atoms with E-state index >= 15 is 0 Å². The molecule has 0 bridgehead atoms. The van der Waals surface area contributed by atoms with Gasteiger partial charge in [0.1, 0.15) is 11.9 Å². The molecule has 0 saturated heterocycles. The SMILES string of the molecule is C=C(CC/C=C/C=C/C[C@H](C)CC(=O)C[C@@H](O)CNC(=O)[C@H](C)[C@H](C)OC(N)=O)C[C@@H](C)C/C(C)=C/C(=O)O. The number of nitrogens with one attached hydrogen (secondary N) is 1. The number of allylic oxidation sites excluding steroid dienone is 6. The number of rotatable bonds is 20. The van der Waals surface area contributed by atoms with E-state index in [9.17, 15) is 24.3 Å². The quantitative estimate of drug-likeness (QED) is 0.0962. The number of Topliss-reactive ketones (excluding diaryl/α,β-unsaturated/α-hetero) is 1. The summed E-state index contributed by atoms with van der Waals surface area (Å²) in [6.45, 7) is 13.1. The molecule has 0 spiro atoms. The first-order valence-electron chi connectivity index (χ1n) is 13.5. The van der Waals surface area contributed by atoms with Gasteiger partial charge < -0.3 is 26.0 Å². The molecule has 9 heteroatoms. The van der Waals surface area contributed by atoms with E-state index in [0.717, 1.165) is 43.3 Å². The highest BCUT2D eigenvalue weighted by atomic mass is 16.6. The lowest BCUT2D eigenvalue weighted by Gasteiger charge is -2.20. The Labute approximate surface area is 233 Å². The van der Waals surface area contributed by atoms with Gasteiger partial charge in [-0.2, -0.15) is 0 Å². The average Bonchev–Trinajstić information content (AvgIpc) is 2.79. The van der Waals surface area contributed by atoms with Crippen LogP contribution in [0, 0.1) is 17.8 Å². The lowest BCUT2D eigenvalue weighted by atomic mass is 9.93. The maximum Gasteiger partial charge on any atom is 0.404 e. The first kappa shape index (κ1) is 35.8. The summed E-state index contributed by atoms with van der Waals surface area (Å²) in [6.07, 6.45) is 11.0. The third-order valence-electron chi connectivity index (χ3n) is 6.23. The Bertz CT molecular complexity index is 907. The number of ketones is 1. The Morgan fingerprint density at radius 3 is 2.23 bits per heavy atom. The number of aliphatic hydroxyl groups is 1. The van der Waals surface area contributed by atoms with Crippen molar-refractivity contribution >= 4 is 23.8 Å². The fourth-order valence-corrected chi connectivity index (χ4v) is 4.11. The number of amides is 2. The first-order chi connectivity index (χ1) is 18.2. The molecular weight excluding hydrogens is 500 g/mol. The van der Waals surface area contributed by atoms with Crippen molar-refractivity contribution in [2.75, 3.05) is 6.54 Å². The second-order valence-corrected chi connectivity index (χ2v) is 10.6. The van der Waals surface area contributed by atoms with Gasteiger partial charge in [0.15, 0.2) is 0 Å². The van der Waals surface area contributed by atoms with Crippen LogP contribution in [0.3, 0.4) is 0 Å². The van der Waals surface area contributed by atoms with Gasteiger partial charge in [0.2, 0.25) is 5.91 Å². The zero-order chi connectivity index (χ0) is 30.0. The lowest BCUT2D eigenvalue weighted by molar-refractivity contribution is -0.131. The predicted octanol–water partition coefficient (Wildman–Crippen LogP) is 4.85. The van der Waals surface area contributed by atoms with Crippen LogP contribution in [-0.2, 0) is 19.1 Å². The van der Waals surface area contributed by atoms with Crippen molar-refractivity contribution < 1.29 is 34.1 Å². The number of hydrogen-bond donors (Lipinski definition) is 4. The van der Waals surface area contributed by atoms with Gasteiger partial charge in [-0.3, -0.25) is 9.59 Å². The van der Waals surface area contributed by atoms with Crippen molar-refractivity contribution in [3.63, 3.8) is 0 Å². The molecule has 0 aliphatic carbocycles. The molecule has 220 valence electrons. The summed E-state index contributed by atoms with van der Waals surface area (Å²) in [4.78, 5) is 45.9. The van der Waals surface area contributed by atoms with Crippen molar-refractivity contribution in [3.8, 4) is 0 Å². The zero-order valence-corrected chi connectivity index (χ0v) is 24.2. The van der Waals surface area contributed by atoms with Crippen LogP contribution in [0.5, 0.6) is 0 Å². The monoisotopic (exact) mass is 548 g/mol. The molecule has 5 N–H and O–H groups in total.